The van der Waals surface area contributed by atoms with E-state index >= 15 is 0 Å². The first-order valence-electron chi connectivity index (χ1n) is 8.45. The Kier molecular flexibility index (Phi) is 6.99. The number of rotatable bonds is 7. The summed E-state index contributed by atoms with van der Waals surface area (Å²) in [5.74, 6) is -9.09. The summed E-state index contributed by atoms with van der Waals surface area (Å²) >= 11 is 0. The number of carbonyl (C=O) groups is 1. The van der Waals surface area contributed by atoms with Gasteiger partial charge in [-0.2, -0.15) is 26.9 Å². The molecule has 0 saturated heterocycles. The molecule has 0 fully saturated rings. The van der Waals surface area contributed by atoms with Crippen LogP contribution in [0.25, 0.3) is 0 Å². The van der Waals surface area contributed by atoms with Crippen molar-refractivity contribution in [2.45, 2.75) is 25.1 Å². The van der Waals surface area contributed by atoms with Gasteiger partial charge in [-0.25, -0.2) is 13.4 Å². The molecule has 13 heteroatoms. The summed E-state index contributed by atoms with van der Waals surface area (Å²) in [5.41, 5.74) is -0.537. The van der Waals surface area contributed by atoms with Crippen molar-refractivity contribution in [3.8, 4) is 11.6 Å². The van der Waals surface area contributed by atoms with Gasteiger partial charge in [-0.1, -0.05) is 24.3 Å². The lowest BCUT2D eigenvalue weighted by atomic mass is 10.2. The number of sulfone groups is 1. The van der Waals surface area contributed by atoms with E-state index in [9.17, 15) is 35.2 Å². The Morgan fingerprint density at radius 1 is 1.16 bits per heavy atom. The summed E-state index contributed by atoms with van der Waals surface area (Å²) in [7, 11) is -3.48. The molecule has 7 nitrogen and oxygen atoms in total. The van der Waals surface area contributed by atoms with E-state index in [1.54, 1.807) is 6.07 Å². The molecule has 2 rings (SSSR count). The molecule has 0 aliphatic heterocycles. The Morgan fingerprint density at radius 2 is 1.77 bits per heavy atom. The fraction of sp³-hybridized carbons (Fsp3) is 0.278. The number of nitrogens with one attached hydrogen (secondary N) is 1. The first-order chi connectivity index (χ1) is 14.2. The smallest absolute Gasteiger partial charge is 0.438 e. The van der Waals surface area contributed by atoms with Crippen LogP contribution in [0, 0.1) is 0 Å². The maximum atomic E-state index is 13.7. The number of carbonyl (C=O) groups excluding carboxylic acids is 1. The average Bonchev–Trinajstić information content (AvgIpc) is 2.65. The number of amides is 1. The molecule has 1 N–H and O–H groups in total. The SMILES string of the molecule is CC(C=CS(C)(=O)=O)NC(=O)c1cnc(C(F)(F)C(F)(F)F)nc1Oc1ccccc1. The number of aromatic nitrogens is 2. The lowest BCUT2D eigenvalue weighted by molar-refractivity contribution is -0.292. The second-order valence-electron chi connectivity index (χ2n) is 6.32. The minimum absolute atomic E-state index is 0.0153. The van der Waals surface area contributed by atoms with E-state index in [1.165, 1.54) is 31.2 Å². The standard InChI is InChI=1S/C18H16F5N3O4S/c1-11(8-9-31(2,28)29)25-14(27)13-10-24-16(17(19,20)18(21,22)23)26-15(13)30-12-6-4-3-5-7-12/h3-11H,1-2H3,(H,25,27). The third-order valence-electron chi connectivity index (χ3n) is 3.57. The molecule has 1 aromatic heterocycles. The highest BCUT2D eigenvalue weighted by Gasteiger charge is 2.61. The summed E-state index contributed by atoms with van der Waals surface area (Å²) in [6.07, 6.45) is -3.43. The first-order valence-corrected chi connectivity index (χ1v) is 10.4. The van der Waals surface area contributed by atoms with Gasteiger partial charge in [-0.15, -0.1) is 0 Å². The van der Waals surface area contributed by atoms with Crippen molar-refractivity contribution in [3.05, 3.63) is 59.4 Å². The third kappa shape index (κ3) is 6.44. The molecule has 31 heavy (non-hydrogen) atoms. The van der Waals surface area contributed by atoms with E-state index in [-0.39, 0.29) is 5.75 Å². The zero-order chi connectivity index (χ0) is 23.4. The predicted molar refractivity (Wildman–Crippen MR) is 99.4 cm³/mol. The maximum Gasteiger partial charge on any atom is 0.461 e. The zero-order valence-electron chi connectivity index (χ0n) is 16.0. The van der Waals surface area contributed by atoms with Crippen LogP contribution in [0.4, 0.5) is 22.0 Å². The van der Waals surface area contributed by atoms with Gasteiger partial charge in [-0.3, -0.25) is 4.79 Å². The van der Waals surface area contributed by atoms with Crippen molar-refractivity contribution in [3.63, 3.8) is 0 Å². The van der Waals surface area contributed by atoms with Gasteiger partial charge in [0.05, 0.1) is 0 Å². The van der Waals surface area contributed by atoms with Crippen LogP contribution in [-0.4, -0.2) is 42.8 Å². The second-order valence-corrected chi connectivity index (χ2v) is 8.25. The second kappa shape index (κ2) is 8.96. The van der Waals surface area contributed by atoms with Crippen molar-refractivity contribution >= 4 is 15.7 Å². The molecule has 168 valence electrons. The zero-order valence-corrected chi connectivity index (χ0v) is 16.8. The van der Waals surface area contributed by atoms with Gasteiger partial charge in [-0.05, 0) is 19.1 Å². The van der Waals surface area contributed by atoms with E-state index in [0.717, 1.165) is 17.7 Å². The number of alkyl halides is 5. The molecule has 2 aromatic rings. The number of benzene rings is 1. The molecular weight excluding hydrogens is 449 g/mol. The number of halogens is 5. The molecule has 0 saturated carbocycles. The van der Waals surface area contributed by atoms with Crippen molar-refractivity contribution in [2.75, 3.05) is 6.26 Å². The fourth-order valence-electron chi connectivity index (χ4n) is 2.07. The number of ether oxygens (including phenoxy) is 1. The van der Waals surface area contributed by atoms with Crippen molar-refractivity contribution < 1.29 is 39.9 Å². The summed E-state index contributed by atoms with van der Waals surface area (Å²) in [6.45, 7) is 1.41. The molecule has 0 radical (unpaired) electrons. The van der Waals surface area contributed by atoms with Crippen LogP contribution in [0.15, 0.2) is 48.0 Å². The molecule has 0 bridgehead atoms. The molecule has 1 amide bonds. The van der Waals surface area contributed by atoms with E-state index in [1.807, 2.05) is 0 Å². The molecule has 0 aliphatic rings. The van der Waals surface area contributed by atoms with Crippen molar-refractivity contribution in [1.82, 2.24) is 15.3 Å². The Hall–Kier alpha value is -3.09. The molecule has 0 spiro atoms. The number of hydrogen-bond donors (Lipinski definition) is 1. The van der Waals surface area contributed by atoms with E-state index in [0.29, 0.717) is 6.20 Å². The van der Waals surface area contributed by atoms with Gasteiger partial charge in [0.25, 0.3) is 5.91 Å². The van der Waals surface area contributed by atoms with Gasteiger partial charge in [0.15, 0.2) is 9.84 Å². The summed E-state index contributed by atoms with van der Waals surface area (Å²) in [5, 5.41) is 3.16. The Bertz CT molecular complexity index is 1070. The van der Waals surface area contributed by atoms with Crippen LogP contribution < -0.4 is 10.1 Å². The average molecular weight is 465 g/mol. The largest absolute Gasteiger partial charge is 0.461 e. The fourth-order valence-corrected chi connectivity index (χ4v) is 2.59. The quantitative estimate of drug-likeness (QED) is 0.628. The lowest BCUT2D eigenvalue weighted by Crippen LogP contribution is -2.36. The lowest BCUT2D eigenvalue weighted by Gasteiger charge is -2.19. The summed E-state index contributed by atoms with van der Waals surface area (Å²) < 4.78 is 92.9. The Morgan fingerprint density at radius 3 is 2.32 bits per heavy atom. The van der Waals surface area contributed by atoms with Gasteiger partial charge in [0.2, 0.25) is 11.7 Å². The van der Waals surface area contributed by atoms with Gasteiger partial charge in [0.1, 0.15) is 11.3 Å². The maximum absolute atomic E-state index is 13.7. The molecule has 1 aromatic carbocycles. The molecule has 1 atom stereocenters. The summed E-state index contributed by atoms with van der Waals surface area (Å²) in [4.78, 5) is 18.6. The minimum atomic E-state index is -5.97. The van der Waals surface area contributed by atoms with Crippen LogP contribution in [0.2, 0.25) is 0 Å². The Balaban J connectivity index is 2.43. The monoisotopic (exact) mass is 465 g/mol. The van der Waals surface area contributed by atoms with Crippen LogP contribution in [0.1, 0.15) is 23.1 Å². The normalized spacial score (nSPS) is 13.8. The van der Waals surface area contributed by atoms with E-state index in [2.05, 4.69) is 15.3 Å². The van der Waals surface area contributed by atoms with Crippen LogP contribution in [-0.2, 0) is 15.8 Å². The Labute approximate surface area is 173 Å². The predicted octanol–water partition coefficient (Wildman–Crippen LogP) is 3.60. The molecule has 1 unspecified atom stereocenters. The van der Waals surface area contributed by atoms with E-state index < -0.39 is 51.2 Å². The van der Waals surface area contributed by atoms with Crippen LogP contribution in [0.3, 0.4) is 0 Å². The molecule has 0 aliphatic carbocycles. The highest BCUT2D eigenvalue weighted by Crippen LogP contribution is 2.43. The number of para-hydroxylation sites is 1. The minimum Gasteiger partial charge on any atom is -0.438 e. The first kappa shape index (κ1) is 24.2. The topological polar surface area (TPSA) is 98.2 Å². The van der Waals surface area contributed by atoms with Gasteiger partial charge >= 0.3 is 12.1 Å². The summed E-state index contributed by atoms with van der Waals surface area (Å²) in [6, 6.07) is 6.48. The van der Waals surface area contributed by atoms with Crippen LogP contribution in [0.5, 0.6) is 11.6 Å². The van der Waals surface area contributed by atoms with Crippen molar-refractivity contribution in [1.29, 1.82) is 0 Å². The third-order valence-corrected chi connectivity index (χ3v) is 4.22. The number of nitrogens with zero attached hydrogens (tertiary/aromatic N) is 2. The molecule has 1 heterocycles. The van der Waals surface area contributed by atoms with Gasteiger partial charge < -0.3 is 10.1 Å². The van der Waals surface area contributed by atoms with Crippen LogP contribution >= 0.6 is 0 Å². The van der Waals surface area contributed by atoms with Crippen molar-refractivity contribution in [2.24, 2.45) is 0 Å². The van der Waals surface area contributed by atoms with Gasteiger partial charge in [0, 0.05) is 23.9 Å². The highest BCUT2D eigenvalue weighted by atomic mass is 32.2. The number of hydrogen-bond acceptors (Lipinski definition) is 6. The molecular formula is C18H16F5N3O4S. The highest BCUT2D eigenvalue weighted by molar-refractivity contribution is 7.93. The van der Waals surface area contributed by atoms with E-state index in [4.69, 9.17) is 4.74 Å².